The van der Waals surface area contributed by atoms with Gasteiger partial charge >= 0.3 is 0 Å². The molecule has 2 saturated heterocycles. The summed E-state index contributed by atoms with van der Waals surface area (Å²) in [6.07, 6.45) is 12.5. The Morgan fingerprint density at radius 1 is 1.19 bits per heavy atom. The lowest BCUT2D eigenvalue weighted by atomic mass is 9.54. The maximum atomic E-state index is 6.11. The molecular formula is C21H38N4O. The molecular weight excluding hydrogens is 324 g/mol. The first-order valence-electron chi connectivity index (χ1n) is 11.1. The van der Waals surface area contributed by atoms with E-state index >= 15 is 0 Å². The highest BCUT2D eigenvalue weighted by atomic mass is 16.5. The van der Waals surface area contributed by atoms with Gasteiger partial charge in [0.2, 0.25) is 0 Å². The van der Waals surface area contributed by atoms with Crippen LogP contribution in [0.25, 0.3) is 0 Å². The molecule has 0 radical (unpaired) electrons. The molecule has 2 aliphatic heterocycles. The molecule has 4 fully saturated rings. The molecule has 2 aliphatic carbocycles. The molecule has 5 heteroatoms. The van der Waals surface area contributed by atoms with Gasteiger partial charge in [0.05, 0.1) is 6.10 Å². The van der Waals surface area contributed by atoms with Crippen LogP contribution in [-0.4, -0.2) is 62.3 Å². The van der Waals surface area contributed by atoms with E-state index in [-0.39, 0.29) is 0 Å². The Balaban J connectivity index is 1.24. The second-order valence-electron chi connectivity index (χ2n) is 9.04. The summed E-state index contributed by atoms with van der Waals surface area (Å²) < 4.78 is 6.11. The Bertz CT molecular complexity index is 502. The SMILES string of the molecule is CN=C(NCCCN1CCCCC1C)NC1C2CCOC2C12CCCC2. The van der Waals surface area contributed by atoms with E-state index in [1.807, 2.05) is 7.05 Å². The summed E-state index contributed by atoms with van der Waals surface area (Å²) >= 11 is 0. The molecule has 26 heavy (non-hydrogen) atoms. The van der Waals surface area contributed by atoms with Gasteiger partial charge in [-0.05, 0) is 52.0 Å². The Hall–Kier alpha value is -0.810. The molecule has 0 aromatic heterocycles. The van der Waals surface area contributed by atoms with Crippen molar-refractivity contribution in [2.45, 2.75) is 82.9 Å². The summed E-state index contributed by atoms with van der Waals surface area (Å²) in [5.74, 6) is 1.69. The number of hydrogen-bond donors (Lipinski definition) is 2. The van der Waals surface area contributed by atoms with Crippen LogP contribution < -0.4 is 10.6 Å². The first kappa shape index (κ1) is 18.5. The van der Waals surface area contributed by atoms with Crippen LogP contribution in [0.3, 0.4) is 0 Å². The van der Waals surface area contributed by atoms with Gasteiger partial charge in [0.1, 0.15) is 0 Å². The topological polar surface area (TPSA) is 48.9 Å². The fourth-order valence-corrected chi connectivity index (χ4v) is 6.22. The second kappa shape index (κ2) is 8.05. The Morgan fingerprint density at radius 2 is 2.04 bits per heavy atom. The standard InChI is InChI=1S/C21H38N4O/c1-16-8-3-6-13-25(16)14-7-12-23-20(22-2)24-18-17-9-15-26-19(17)21(18)10-4-5-11-21/h16-19H,3-15H2,1-2H3,(H2,22,23,24). The summed E-state index contributed by atoms with van der Waals surface area (Å²) in [6.45, 7) is 6.83. The summed E-state index contributed by atoms with van der Waals surface area (Å²) in [4.78, 5) is 7.17. The lowest BCUT2D eigenvalue weighted by molar-refractivity contribution is -0.125. The predicted molar refractivity (Wildman–Crippen MR) is 107 cm³/mol. The first-order chi connectivity index (χ1) is 12.7. The molecule has 2 N–H and O–H groups in total. The van der Waals surface area contributed by atoms with Crippen LogP contribution in [0.15, 0.2) is 4.99 Å². The van der Waals surface area contributed by atoms with Gasteiger partial charge in [0.25, 0.3) is 0 Å². The minimum atomic E-state index is 0.391. The third-order valence-corrected chi connectivity index (χ3v) is 7.66. The number of piperidine rings is 1. The quantitative estimate of drug-likeness (QED) is 0.449. The van der Waals surface area contributed by atoms with E-state index in [9.17, 15) is 0 Å². The molecule has 2 heterocycles. The number of guanidine groups is 1. The zero-order chi connectivity index (χ0) is 18.0. The summed E-state index contributed by atoms with van der Waals surface area (Å²) in [6, 6.07) is 1.32. The maximum Gasteiger partial charge on any atom is 0.191 e. The van der Waals surface area contributed by atoms with Crippen molar-refractivity contribution in [2.75, 3.05) is 33.3 Å². The maximum absolute atomic E-state index is 6.11. The smallest absolute Gasteiger partial charge is 0.191 e. The van der Waals surface area contributed by atoms with Crippen LogP contribution in [-0.2, 0) is 4.74 Å². The van der Waals surface area contributed by atoms with Crippen molar-refractivity contribution in [3.63, 3.8) is 0 Å². The molecule has 4 atom stereocenters. The molecule has 0 aromatic rings. The van der Waals surface area contributed by atoms with E-state index in [1.165, 1.54) is 70.9 Å². The van der Waals surface area contributed by atoms with Crippen LogP contribution in [0.2, 0.25) is 0 Å². The fraction of sp³-hybridized carbons (Fsp3) is 0.952. The molecule has 1 spiro atoms. The monoisotopic (exact) mass is 362 g/mol. The average molecular weight is 363 g/mol. The minimum Gasteiger partial charge on any atom is -0.377 e. The van der Waals surface area contributed by atoms with Crippen molar-refractivity contribution >= 4 is 5.96 Å². The number of ether oxygens (including phenoxy) is 1. The Labute approximate surface area is 159 Å². The third-order valence-electron chi connectivity index (χ3n) is 7.66. The number of hydrogen-bond acceptors (Lipinski definition) is 3. The zero-order valence-corrected chi connectivity index (χ0v) is 16.8. The van der Waals surface area contributed by atoms with E-state index in [0.717, 1.165) is 25.2 Å². The summed E-state index contributed by atoms with van der Waals surface area (Å²) in [5.41, 5.74) is 0.391. The van der Waals surface area contributed by atoms with Crippen LogP contribution in [0, 0.1) is 11.3 Å². The van der Waals surface area contributed by atoms with Gasteiger partial charge in [0, 0.05) is 50.2 Å². The number of nitrogens with zero attached hydrogens (tertiary/aromatic N) is 2. The van der Waals surface area contributed by atoms with Crippen LogP contribution in [0.1, 0.15) is 64.7 Å². The van der Waals surface area contributed by atoms with Gasteiger partial charge in [0.15, 0.2) is 5.96 Å². The fourth-order valence-electron chi connectivity index (χ4n) is 6.22. The second-order valence-corrected chi connectivity index (χ2v) is 9.04. The molecule has 148 valence electrons. The van der Waals surface area contributed by atoms with Gasteiger partial charge in [-0.15, -0.1) is 0 Å². The highest BCUT2D eigenvalue weighted by Crippen LogP contribution is 2.60. The van der Waals surface area contributed by atoms with Crippen molar-refractivity contribution in [3.05, 3.63) is 0 Å². The van der Waals surface area contributed by atoms with Crippen molar-refractivity contribution in [1.29, 1.82) is 0 Å². The van der Waals surface area contributed by atoms with E-state index < -0.39 is 0 Å². The predicted octanol–water partition coefficient (Wildman–Crippen LogP) is 2.76. The van der Waals surface area contributed by atoms with E-state index in [1.54, 1.807) is 0 Å². The van der Waals surface area contributed by atoms with Crippen molar-refractivity contribution in [2.24, 2.45) is 16.3 Å². The molecule has 5 nitrogen and oxygen atoms in total. The number of nitrogens with one attached hydrogen (secondary N) is 2. The first-order valence-corrected chi connectivity index (χ1v) is 11.1. The number of rotatable bonds is 5. The van der Waals surface area contributed by atoms with E-state index in [0.29, 0.717) is 23.5 Å². The van der Waals surface area contributed by atoms with Crippen LogP contribution >= 0.6 is 0 Å². The van der Waals surface area contributed by atoms with Crippen LogP contribution in [0.5, 0.6) is 0 Å². The largest absolute Gasteiger partial charge is 0.377 e. The highest BCUT2D eigenvalue weighted by molar-refractivity contribution is 5.80. The van der Waals surface area contributed by atoms with Crippen molar-refractivity contribution in [1.82, 2.24) is 15.5 Å². The van der Waals surface area contributed by atoms with Gasteiger partial charge in [-0.3, -0.25) is 4.99 Å². The zero-order valence-electron chi connectivity index (χ0n) is 16.8. The molecule has 4 unspecified atom stereocenters. The van der Waals surface area contributed by atoms with Gasteiger partial charge in [-0.2, -0.15) is 0 Å². The van der Waals surface area contributed by atoms with Crippen LogP contribution in [0.4, 0.5) is 0 Å². The third kappa shape index (κ3) is 3.37. The molecule has 0 aromatic carbocycles. The lowest BCUT2D eigenvalue weighted by Gasteiger charge is -2.57. The number of fused-ring (bicyclic) bond motifs is 2. The van der Waals surface area contributed by atoms with E-state index in [2.05, 4.69) is 27.4 Å². The molecule has 2 saturated carbocycles. The average Bonchev–Trinajstić information content (AvgIpc) is 3.31. The summed E-state index contributed by atoms with van der Waals surface area (Å²) in [5, 5.41) is 7.38. The number of likely N-dealkylation sites (tertiary alicyclic amines) is 1. The number of aliphatic imine (C=N–C) groups is 1. The molecule has 4 rings (SSSR count). The Kier molecular flexibility index (Phi) is 5.75. The summed E-state index contributed by atoms with van der Waals surface area (Å²) in [7, 11) is 1.91. The van der Waals surface area contributed by atoms with Gasteiger partial charge in [-0.1, -0.05) is 19.3 Å². The van der Waals surface area contributed by atoms with Crippen molar-refractivity contribution < 1.29 is 4.74 Å². The van der Waals surface area contributed by atoms with Gasteiger partial charge in [-0.25, -0.2) is 0 Å². The van der Waals surface area contributed by atoms with Crippen molar-refractivity contribution in [3.8, 4) is 0 Å². The minimum absolute atomic E-state index is 0.391. The highest BCUT2D eigenvalue weighted by Gasteiger charge is 2.65. The molecule has 0 amide bonds. The lowest BCUT2D eigenvalue weighted by Crippen LogP contribution is -2.69. The molecule has 4 aliphatic rings. The van der Waals surface area contributed by atoms with Gasteiger partial charge < -0.3 is 20.3 Å². The normalized spacial score (nSPS) is 36.8. The Morgan fingerprint density at radius 3 is 2.81 bits per heavy atom. The van der Waals surface area contributed by atoms with E-state index in [4.69, 9.17) is 4.74 Å². The molecule has 0 bridgehead atoms.